The maximum Gasteiger partial charge on any atom is 0.251 e. The Bertz CT molecular complexity index is 228. The summed E-state index contributed by atoms with van der Waals surface area (Å²) in [5.74, 6) is 0.0917. The van der Waals surface area contributed by atoms with Crippen LogP contribution in [0.15, 0.2) is 0 Å². The predicted molar refractivity (Wildman–Crippen MR) is 66.7 cm³/mol. The standard InChI is InChI=1S/C11H22N2O2.ClH/c1-11(2,7-12)8-13(3)10(14)9-5-4-6-15-9;/h9H,4-8,12H2,1-3H3;1H. The first kappa shape index (κ1) is 15.7. The van der Waals surface area contributed by atoms with Gasteiger partial charge in [-0.2, -0.15) is 0 Å². The highest BCUT2D eigenvalue weighted by molar-refractivity contribution is 5.85. The largest absolute Gasteiger partial charge is 0.368 e. The molecule has 96 valence electrons. The molecule has 1 fully saturated rings. The summed E-state index contributed by atoms with van der Waals surface area (Å²) in [4.78, 5) is 13.6. The highest BCUT2D eigenvalue weighted by Gasteiger charge is 2.29. The smallest absolute Gasteiger partial charge is 0.251 e. The third kappa shape index (κ3) is 4.28. The van der Waals surface area contributed by atoms with Crippen molar-refractivity contribution in [1.29, 1.82) is 0 Å². The van der Waals surface area contributed by atoms with Gasteiger partial charge in [0.2, 0.25) is 0 Å². The number of nitrogens with two attached hydrogens (primary N) is 1. The van der Waals surface area contributed by atoms with Gasteiger partial charge in [-0.3, -0.25) is 4.79 Å². The fourth-order valence-electron chi connectivity index (χ4n) is 1.80. The third-order valence-electron chi connectivity index (χ3n) is 2.80. The Morgan fingerprint density at radius 1 is 1.56 bits per heavy atom. The number of rotatable bonds is 4. The average Bonchev–Trinajstić information content (AvgIpc) is 2.68. The van der Waals surface area contributed by atoms with Gasteiger partial charge in [0, 0.05) is 20.2 Å². The van der Waals surface area contributed by atoms with Gasteiger partial charge in [0.1, 0.15) is 6.10 Å². The molecule has 0 aromatic heterocycles. The first-order chi connectivity index (χ1) is 6.96. The van der Waals surface area contributed by atoms with E-state index in [0.29, 0.717) is 19.7 Å². The molecule has 1 aliphatic rings. The fourth-order valence-corrected chi connectivity index (χ4v) is 1.80. The van der Waals surface area contributed by atoms with Crippen molar-refractivity contribution in [3.63, 3.8) is 0 Å². The van der Waals surface area contributed by atoms with E-state index < -0.39 is 0 Å². The molecule has 1 rings (SSSR count). The van der Waals surface area contributed by atoms with E-state index in [1.165, 1.54) is 0 Å². The quantitative estimate of drug-likeness (QED) is 0.811. The fraction of sp³-hybridized carbons (Fsp3) is 0.909. The third-order valence-corrected chi connectivity index (χ3v) is 2.80. The number of likely N-dealkylation sites (N-methyl/N-ethyl adjacent to an activating group) is 1. The molecule has 2 N–H and O–H groups in total. The molecule has 1 amide bonds. The summed E-state index contributed by atoms with van der Waals surface area (Å²) in [6, 6.07) is 0. The first-order valence-corrected chi connectivity index (χ1v) is 5.53. The Morgan fingerprint density at radius 2 is 2.19 bits per heavy atom. The van der Waals surface area contributed by atoms with Crippen LogP contribution in [0, 0.1) is 5.41 Å². The number of halogens is 1. The minimum Gasteiger partial charge on any atom is -0.368 e. The lowest BCUT2D eigenvalue weighted by atomic mass is 9.93. The molecule has 1 atom stereocenters. The van der Waals surface area contributed by atoms with Crippen LogP contribution >= 0.6 is 12.4 Å². The number of nitrogens with zero attached hydrogens (tertiary/aromatic N) is 1. The number of carbonyl (C=O) groups is 1. The van der Waals surface area contributed by atoms with E-state index in [1.54, 1.807) is 4.90 Å². The second-order valence-corrected chi connectivity index (χ2v) is 5.06. The van der Waals surface area contributed by atoms with Gasteiger partial charge in [-0.15, -0.1) is 12.4 Å². The molecule has 16 heavy (non-hydrogen) atoms. The summed E-state index contributed by atoms with van der Waals surface area (Å²) < 4.78 is 5.36. The van der Waals surface area contributed by atoms with Crippen molar-refractivity contribution < 1.29 is 9.53 Å². The highest BCUT2D eigenvalue weighted by Crippen LogP contribution is 2.18. The van der Waals surface area contributed by atoms with Crippen LogP contribution in [0.25, 0.3) is 0 Å². The minimum absolute atomic E-state index is 0. The number of hydrogen-bond donors (Lipinski definition) is 1. The lowest BCUT2D eigenvalue weighted by Crippen LogP contribution is -2.43. The molecule has 1 saturated heterocycles. The van der Waals surface area contributed by atoms with Crippen molar-refractivity contribution in [2.24, 2.45) is 11.1 Å². The van der Waals surface area contributed by atoms with Crippen LogP contribution in [0.2, 0.25) is 0 Å². The van der Waals surface area contributed by atoms with Crippen LogP contribution in [-0.2, 0) is 9.53 Å². The minimum atomic E-state index is -0.219. The summed E-state index contributed by atoms with van der Waals surface area (Å²) in [6.45, 7) is 6.10. The summed E-state index contributed by atoms with van der Waals surface area (Å²) in [7, 11) is 1.82. The molecule has 0 bridgehead atoms. The summed E-state index contributed by atoms with van der Waals surface area (Å²) in [5.41, 5.74) is 5.61. The van der Waals surface area contributed by atoms with Crippen LogP contribution in [-0.4, -0.2) is 43.7 Å². The van der Waals surface area contributed by atoms with Gasteiger partial charge in [0.15, 0.2) is 0 Å². The van der Waals surface area contributed by atoms with E-state index in [0.717, 1.165) is 12.8 Å². The van der Waals surface area contributed by atoms with Gasteiger partial charge in [0.05, 0.1) is 0 Å². The van der Waals surface area contributed by atoms with E-state index >= 15 is 0 Å². The van der Waals surface area contributed by atoms with Crippen molar-refractivity contribution in [3.8, 4) is 0 Å². The number of amides is 1. The summed E-state index contributed by atoms with van der Waals surface area (Å²) >= 11 is 0. The zero-order valence-electron chi connectivity index (χ0n) is 10.4. The Morgan fingerprint density at radius 3 is 2.62 bits per heavy atom. The number of hydrogen-bond acceptors (Lipinski definition) is 3. The molecule has 0 radical (unpaired) electrons. The van der Waals surface area contributed by atoms with E-state index in [2.05, 4.69) is 13.8 Å². The molecule has 0 aliphatic carbocycles. The van der Waals surface area contributed by atoms with E-state index in [-0.39, 0.29) is 29.8 Å². The lowest BCUT2D eigenvalue weighted by molar-refractivity contribution is -0.140. The molecule has 0 aromatic carbocycles. The van der Waals surface area contributed by atoms with Crippen molar-refractivity contribution in [2.75, 3.05) is 26.7 Å². The Balaban J connectivity index is 0.00000225. The summed E-state index contributed by atoms with van der Waals surface area (Å²) in [5, 5.41) is 0. The van der Waals surface area contributed by atoms with Gasteiger partial charge < -0.3 is 15.4 Å². The van der Waals surface area contributed by atoms with E-state index in [4.69, 9.17) is 10.5 Å². The summed E-state index contributed by atoms with van der Waals surface area (Å²) in [6.07, 6.45) is 1.63. The molecule has 5 heteroatoms. The van der Waals surface area contributed by atoms with Gasteiger partial charge in [-0.25, -0.2) is 0 Å². The van der Waals surface area contributed by atoms with Crippen molar-refractivity contribution in [1.82, 2.24) is 4.90 Å². The SMILES string of the molecule is CN(CC(C)(C)CN)C(=O)C1CCCO1.Cl. The maximum atomic E-state index is 11.9. The molecule has 0 saturated carbocycles. The normalized spacial score (nSPS) is 20.4. The van der Waals surface area contributed by atoms with Crippen LogP contribution in [0.4, 0.5) is 0 Å². The first-order valence-electron chi connectivity index (χ1n) is 5.53. The van der Waals surface area contributed by atoms with Crippen LogP contribution in [0.1, 0.15) is 26.7 Å². The molecule has 0 aromatic rings. The molecule has 1 unspecified atom stereocenters. The van der Waals surface area contributed by atoms with Crippen LogP contribution < -0.4 is 5.73 Å². The molecule has 0 spiro atoms. The van der Waals surface area contributed by atoms with Gasteiger partial charge in [-0.05, 0) is 24.8 Å². The zero-order chi connectivity index (χ0) is 11.5. The average molecular weight is 251 g/mol. The molecular weight excluding hydrogens is 228 g/mol. The van der Waals surface area contributed by atoms with Crippen molar-refractivity contribution >= 4 is 18.3 Å². The zero-order valence-corrected chi connectivity index (χ0v) is 11.2. The Kier molecular flexibility index (Phi) is 6.30. The van der Waals surface area contributed by atoms with Gasteiger partial charge in [0.25, 0.3) is 5.91 Å². The highest BCUT2D eigenvalue weighted by atomic mass is 35.5. The molecule has 1 heterocycles. The van der Waals surface area contributed by atoms with Gasteiger partial charge in [-0.1, -0.05) is 13.8 Å². The predicted octanol–water partition coefficient (Wildman–Crippen LogP) is 1.03. The monoisotopic (exact) mass is 250 g/mol. The molecule has 4 nitrogen and oxygen atoms in total. The van der Waals surface area contributed by atoms with E-state index in [9.17, 15) is 4.79 Å². The number of carbonyl (C=O) groups excluding carboxylic acids is 1. The van der Waals surface area contributed by atoms with E-state index in [1.807, 2.05) is 7.05 Å². The Labute approximate surface area is 104 Å². The molecular formula is C11H23ClN2O2. The van der Waals surface area contributed by atoms with Crippen LogP contribution in [0.3, 0.4) is 0 Å². The molecule has 1 aliphatic heterocycles. The topological polar surface area (TPSA) is 55.6 Å². The lowest BCUT2D eigenvalue weighted by Gasteiger charge is -2.30. The van der Waals surface area contributed by atoms with Crippen LogP contribution in [0.5, 0.6) is 0 Å². The van der Waals surface area contributed by atoms with Crippen molar-refractivity contribution in [2.45, 2.75) is 32.8 Å². The maximum absolute atomic E-state index is 11.9. The second-order valence-electron chi connectivity index (χ2n) is 5.06. The number of ether oxygens (including phenoxy) is 1. The Hall–Kier alpha value is -0.320. The van der Waals surface area contributed by atoms with Crippen molar-refractivity contribution in [3.05, 3.63) is 0 Å². The second kappa shape index (κ2) is 6.42. The van der Waals surface area contributed by atoms with Gasteiger partial charge >= 0.3 is 0 Å².